The number of para-hydroxylation sites is 1. The van der Waals surface area contributed by atoms with Crippen molar-refractivity contribution in [1.29, 1.82) is 0 Å². The zero-order valence-corrected chi connectivity index (χ0v) is 15.9. The predicted molar refractivity (Wildman–Crippen MR) is 108 cm³/mol. The van der Waals surface area contributed by atoms with Crippen molar-refractivity contribution in [2.75, 3.05) is 13.1 Å². The second-order valence-electron chi connectivity index (χ2n) is 6.47. The minimum Gasteiger partial charge on any atom is -0.348 e. The fourth-order valence-electron chi connectivity index (χ4n) is 2.91. The third kappa shape index (κ3) is 5.05. The number of hydrogen-bond acceptors (Lipinski definition) is 3. The van der Waals surface area contributed by atoms with E-state index in [9.17, 15) is 4.79 Å². The highest BCUT2D eigenvalue weighted by Crippen LogP contribution is 2.10. The molecule has 0 unspecified atom stereocenters. The van der Waals surface area contributed by atoms with Crippen molar-refractivity contribution in [2.45, 2.75) is 26.9 Å². The molecule has 0 radical (unpaired) electrons. The van der Waals surface area contributed by atoms with Crippen molar-refractivity contribution in [1.82, 2.24) is 20.0 Å². The average molecular weight is 362 g/mol. The van der Waals surface area contributed by atoms with E-state index in [1.54, 1.807) is 17.1 Å². The Bertz CT molecular complexity index is 852. The van der Waals surface area contributed by atoms with Crippen LogP contribution in [0.2, 0.25) is 0 Å². The molecule has 3 aromatic rings. The molecule has 0 spiro atoms. The first-order valence-corrected chi connectivity index (χ1v) is 9.38. The molecule has 1 amide bonds. The second-order valence-corrected chi connectivity index (χ2v) is 6.47. The molecular weight excluding hydrogens is 336 g/mol. The molecule has 0 aliphatic carbocycles. The van der Waals surface area contributed by atoms with Crippen LogP contribution in [-0.4, -0.2) is 33.7 Å². The van der Waals surface area contributed by atoms with Gasteiger partial charge in [0.2, 0.25) is 0 Å². The summed E-state index contributed by atoms with van der Waals surface area (Å²) in [5, 5.41) is 7.23. The number of hydrogen-bond donors (Lipinski definition) is 1. The van der Waals surface area contributed by atoms with Gasteiger partial charge in [-0.2, -0.15) is 5.10 Å². The Kier molecular flexibility index (Phi) is 6.39. The lowest BCUT2D eigenvalue weighted by molar-refractivity contribution is 0.0951. The first-order valence-electron chi connectivity index (χ1n) is 9.38. The number of nitrogens with one attached hydrogen (secondary N) is 1. The molecule has 3 rings (SSSR count). The van der Waals surface area contributed by atoms with E-state index >= 15 is 0 Å². The number of carbonyl (C=O) groups is 1. The molecule has 5 nitrogen and oxygen atoms in total. The number of amides is 1. The van der Waals surface area contributed by atoms with E-state index in [1.165, 1.54) is 5.56 Å². The lowest BCUT2D eigenvalue weighted by atomic mass is 10.1. The molecule has 0 fully saturated rings. The molecule has 0 aliphatic heterocycles. The fraction of sp³-hybridized carbons (Fsp3) is 0.273. The number of aromatic nitrogens is 2. The number of benzene rings is 2. The Morgan fingerprint density at radius 2 is 1.67 bits per heavy atom. The minimum atomic E-state index is -0.121. The van der Waals surface area contributed by atoms with E-state index < -0.39 is 0 Å². The molecule has 2 aromatic carbocycles. The summed E-state index contributed by atoms with van der Waals surface area (Å²) in [5.41, 5.74) is 3.86. The van der Waals surface area contributed by atoms with Crippen molar-refractivity contribution >= 4 is 5.91 Å². The van der Waals surface area contributed by atoms with Crippen LogP contribution in [0.1, 0.15) is 35.3 Å². The van der Waals surface area contributed by atoms with Gasteiger partial charge in [0.1, 0.15) is 0 Å². The summed E-state index contributed by atoms with van der Waals surface area (Å²) < 4.78 is 1.71. The topological polar surface area (TPSA) is 50.2 Å². The Morgan fingerprint density at radius 1 is 1.00 bits per heavy atom. The molecule has 0 atom stereocenters. The van der Waals surface area contributed by atoms with Crippen LogP contribution in [0.4, 0.5) is 0 Å². The molecule has 1 aromatic heterocycles. The Hall–Kier alpha value is -2.92. The van der Waals surface area contributed by atoms with Crippen LogP contribution in [0.3, 0.4) is 0 Å². The van der Waals surface area contributed by atoms with Crippen molar-refractivity contribution in [2.24, 2.45) is 0 Å². The standard InChI is InChI=1S/C22H26N4O/c1-3-25(4-2)16-19-12-10-18(11-13-19)14-23-22(27)20-15-24-26(17-20)21-8-6-5-7-9-21/h5-13,15,17H,3-4,14,16H2,1-2H3,(H,23,27). The maximum Gasteiger partial charge on any atom is 0.254 e. The Labute approximate surface area is 160 Å². The van der Waals surface area contributed by atoms with Crippen molar-refractivity contribution < 1.29 is 4.79 Å². The molecule has 0 bridgehead atoms. The highest BCUT2D eigenvalue weighted by molar-refractivity contribution is 5.93. The van der Waals surface area contributed by atoms with Gasteiger partial charge in [-0.05, 0) is 36.3 Å². The molecule has 0 saturated carbocycles. The largest absolute Gasteiger partial charge is 0.348 e. The van der Waals surface area contributed by atoms with Crippen molar-refractivity contribution in [3.63, 3.8) is 0 Å². The van der Waals surface area contributed by atoms with Crippen LogP contribution < -0.4 is 5.32 Å². The third-order valence-corrected chi connectivity index (χ3v) is 4.64. The molecule has 140 valence electrons. The molecular formula is C22H26N4O. The monoisotopic (exact) mass is 362 g/mol. The van der Waals surface area contributed by atoms with Gasteiger partial charge in [-0.25, -0.2) is 4.68 Å². The molecule has 5 heteroatoms. The zero-order chi connectivity index (χ0) is 19.1. The van der Waals surface area contributed by atoms with E-state index in [4.69, 9.17) is 0 Å². The van der Waals surface area contributed by atoms with E-state index in [0.717, 1.165) is 30.9 Å². The highest BCUT2D eigenvalue weighted by atomic mass is 16.1. The summed E-state index contributed by atoms with van der Waals surface area (Å²) in [7, 11) is 0. The Balaban J connectivity index is 1.55. The smallest absolute Gasteiger partial charge is 0.254 e. The van der Waals surface area contributed by atoms with Crippen molar-refractivity contribution in [3.8, 4) is 5.69 Å². The quantitative estimate of drug-likeness (QED) is 0.665. The van der Waals surface area contributed by atoms with Gasteiger partial charge in [-0.3, -0.25) is 9.69 Å². The first-order chi connectivity index (χ1) is 13.2. The number of carbonyl (C=O) groups excluding carboxylic acids is 1. The summed E-state index contributed by atoms with van der Waals surface area (Å²) in [5.74, 6) is -0.121. The summed E-state index contributed by atoms with van der Waals surface area (Å²) in [6.45, 7) is 7.90. The number of rotatable bonds is 8. The molecule has 0 aliphatic rings. The van der Waals surface area contributed by atoms with Gasteiger partial charge < -0.3 is 5.32 Å². The maximum atomic E-state index is 12.4. The Morgan fingerprint density at radius 3 is 2.33 bits per heavy atom. The normalized spacial score (nSPS) is 10.9. The predicted octanol–water partition coefficient (Wildman–Crippen LogP) is 3.64. The van der Waals surface area contributed by atoms with Crippen molar-refractivity contribution in [3.05, 3.63) is 83.7 Å². The van der Waals surface area contributed by atoms with Gasteiger partial charge in [-0.1, -0.05) is 56.3 Å². The van der Waals surface area contributed by atoms with Crippen LogP contribution in [0.15, 0.2) is 67.0 Å². The lowest BCUT2D eigenvalue weighted by Crippen LogP contribution is -2.23. The number of nitrogens with zero attached hydrogens (tertiary/aromatic N) is 3. The van der Waals surface area contributed by atoms with Crippen LogP contribution >= 0.6 is 0 Å². The van der Waals surface area contributed by atoms with Crippen LogP contribution in [0.5, 0.6) is 0 Å². The van der Waals surface area contributed by atoms with Crippen LogP contribution in [0, 0.1) is 0 Å². The second kappa shape index (κ2) is 9.14. The summed E-state index contributed by atoms with van der Waals surface area (Å²) in [4.78, 5) is 14.8. The summed E-state index contributed by atoms with van der Waals surface area (Å²) >= 11 is 0. The third-order valence-electron chi connectivity index (χ3n) is 4.64. The van der Waals surface area contributed by atoms with Gasteiger partial charge in [0.15, 0.2) is 0 Å². The van der Waals surface area contributed by atoms with E-state index in [2.05, 4.69) is 53.4 Å². The molecule has 0 saturated heterocycles. The van der Waals surface area contributed by atoms with E-state index in [-0.39, 0.29) is 5.91 Å². The first kappa shape index (κ1) is 18.9. The zero-order valence-electron chi connectivity index (χ0n) is 15.9. The molecule has 1 heterocycles. The van der Waals surface area contributed by atoms with E-state index in [0.29, 0.717) is 12.1 Å². The van der Waals surface area contributed by atoms with E-state index in [1.807, 2.05) is 30.3 Å². The summed E-state index contributed by atoms with van der Waals surface area (Å²) in [6, 6.07) is 18.2. The summed E-state index contributed by atoms with van der Waals surface area (Å²) in [6.07, 6.45) is 3.34. The van der Waals surface area contributed by atoms with Crippen LogP contribution in [0.25, 0.3) is 5.69 Å². The van der Waals surface area contributed by atoms with Gasteiger partial charge in [0.25, 0.3) is 5.91 Å². The highest BCUT2D eigenvalue weighted by Gasteiger charge is 2.09. The maximum absolute atomic E-state index is 12.4. The minimum absolute atomic E-state index is 0.121. The molecule has 27 heavy (non-hydrogen) atoms. The van der Waals surface area contributed by atoms with Gasteiger partial charge in [0.05, 0.1) is 17.4 Å². The average Bonchev–Trinajstić information content (AvgIpc) is 3.22. The fourth-order valence-corrected chi connectivity index (χ4v) is 2.91. The molecule has 1 N–H and O–H groups in total. The van der Waals surface area contributed by atoms with Gasteiger partial charge >= 0.3 is 0 Å². The lowest BCUT2D eigenvalue weighted by Gasteiger charge is -2.18. The van der Waals surface area contributed by atoms with Gasteiger partial charge in [0, 0.05) is 19.3 Å². The SMILES string of the molecule is CCN(CC)Cc1ccc(CNC(=O)c2cnn(-c3ccccc3)c2)cc1. The van der Waals surface area contributed by atoms with Crippen LogP contribution in [-0.2, 0) is 13.1 Å². The van der Waals surface area contributed by atoms with Gasteiger partial charge in [-0.15, -0.1) is 0 Å².